The van der Waals surface area contributed by atoms with Gasteiger partial charge in [-0.2, -0.15) is 9.41 Å². The number of benzene rings is 2. The maximum Gasteiger partial charge on any atom is 0.271 e. The molecule has 0 unspecified atom stereocenters. The van der Waals surface area contributed by atoms with Gasteiger partial charge in [0.2, 0.25) is 10.0 Å². The van der Waals surface area contributed by atoms with Gasteiger partial charge in [-0.05, 0) is 42.8 Å². The molecule has 0 atom stereocenters. The first-order valence-corrected chi connectivity index (χ1v) is 10.8. The van der Waals surface area contributed by atoms with Crippen LogP contribution in [0.2, 0.25) is 0 Å². The number of nitrogens with zero attached hydrogens (tertiary/aromatic N) is 2. The van der Waals surface area contributed by atoms with Gasteiger partial charge in [-0.1, -0.05) is 13.0 Å². The summed E-state index contributed by atoms with van der Waals surface area (Å²) < 4.78 is 45.5. The molecule has 0 aromatic heterocycles. The quantitative estimate of drug-likeness (QED) is 0.534. The fourth-order valence-corrected chi connectivity index (χ4v) is 4.44. The highest BCUT2D eigenvalue weighted by atomic mass is 32.2. The highest BCUT2D eigenvalue weighted by Crippen LogP contribution is 2.21. The van der Waals surface area contributed by atoms with Crippen LogP contribution in [0.3, 0.4) is 0 Å². The number of hydrogen-bond acceptors (Lipinski definition) is 6. The minimum absolute atomic E-state index is 0.000445. The zero-order chi connectivity index (χ0) is 21.7. The topological polar surface area (TPSA) is 108 Å². The van der Waals surface area contributed by atoms with E-state index < -0.39 is 21.7 Å². The number of ether oxygens (including phenoxy) is 1. The Balaban J connectivity index is 1.81. The first-order valence-electron chi connectivity index (χ1n) is 9.36. The molecule has 2 aromatic rings. The maximum absolute atomic E-state index is 13.5. The molecule has 1 saturated heterocycles. The van der Waals surface area contributed by atoms with Gasteiger partial charge in [-0.3, -0.25) is 4.79 Å². The van der Waals surface area contributed by atoms with Crippen LogP contribution in [0.5, 0.6) is 5.75 Å². The van der Waals surface area contributed by atoms with Crippen molar-refractivity contribution in [2.75, 3.05) is 26.3 Å². The third kappa shape index (κ3) is 4.84. The number of rotatable bonds is 6. The molecule has 1 amide bonds. The van der Waals surface area contributed by atoms with Crippen LogP contribution in [0, 0.1) is 5.82 Å². The summed E-state index contributed by atoms with van der Waals surface area (Å²) in [6.45, 7) is 2.88. The second kappa shape index (κ2) is 9.33. The Labute approximate surface area is 174 Å². The number of carbonyl (C=O) groups is 1. The standard InChI is InChI=1S/C20H22FN3O5S/c1-2-18(17-13-15(21)6-7-19(17)25)22-23-20(26)14-4-3-5-16(12-14)30(27,28)24-8-10-29-11-9-24/h3-7,12-13,25H,2,8-11H2,1H3,(H,23,26)/b22-18+. The van der Waals surface area contributed by atoms with Gasteiger partial charge >= 0.3 is 0 Å². The predicted molar refractivity (Wildman–Crippen MR) is 108 cm³/mol. The lowest BCUT2D eigenvalue weighted by Crippen LogP contribution is -2.40. The summed E-state index contributed by atoms with van der Waals surface area (Å²) in [4.78, 5) is 12.5. The fourth-order valence-electron chi connectivity index (χ4n) is 2.99. The number of amides is 1. The molecule has 0 aliphatic carbocycles. The lowest BCUT2D eigenvalue weighted by molar-refractivity contribution is 0.0730. The molecule has 0 saturated carbocycles. The van der Waals surface area contributed by atoms with Crippen LogP contribution in [0.4, 0.5) is 4.39 Å². The number of morpholine rings is 1. The van der Waals surface area contributed by atoms with Crippen molar-refractivity contribution in [1.29, 1.82) is 0 Å². The van der Waals surface area contributed by atoms with Crippen molar-refractivity contribution >= 4 is 21.6 Å². The monoisotopic (exact) mass is 435 g/mol. The molecule has 0 radical (unpaired) electrons. The number of hydrogen-bond donors (Lipinski definition) is 2. The predicted octanol–water partition coefficient (Wildman–Crippen LogP) is 2.10. The molecule has 160 valence electrons. The van der Waals surface area contributed by atoms with Crippen molar-refractivity contribution in [3.05, 3.63) is 59.4 Å². The van der Waals surface area contributed by atoms with Gasteiger partial charge in [-0.15, -0.1) is 0 Å². The molecule has 1 aliphatic heterocycles. The SMILES string of the molecule is CC/C(=N\NC(=O)c1cccc(S(=O)(=O)N2CCOCC2)c1)c1cc(F)ccc1O. The number of halogens is 1. The van der Waals surface area contributed by atoms with E-state index in [-0.39, 0.29) is 40.6 Å². The van der Waals surface area contributed by atoms with Gasteiger partial charge in [0.05, 0.1) is 23.8 Å². The van der Waals surface area contributed by atoms with Gasteiger partial charge in [0.15, 0.2) is 0 Å². The lowest BCUT2D eigenvalue weighted by Gasteiger charge is -2.26. The minimum Gasteiger partial charge on any atom is -0.507 e. The second-order valence-corrected chi connectivity index (χ2v) is 8.50. The number of carbonyl (C=O) groups excluding carboxylic acids is 1. The van der Waals surface area contributed by atoms with E-state index in [9.17, 15) is 22.7 Å². The zero-order valence-electron chi connectivity index (χ0n) is 16.3. The molecule has 1 heterocycles. The molecule has 1 fully saturated rings. The number of aromatic hydroxyl groups is 1. The third-order valence-electron chi connectivity index (χ3n) is 4.60. The van der Waals surface area contributed by atoms with Crippen molar-refractivity contribution in [3.8, 4) is 5.75 Å². The average Bonchev–Trinajstić information content (AvgIpc) is 2.77. The van der Waals surface area contributed by atoms with E-state index in [0.29, 0.717) is 19.6 Å². The number of phenolic OH excluding ortho intramolecular Hbond substituents is 1. The highest BCUT2D eigenvalue weighted by molar-refractivity contribution is 7.89. The molecule has 8 nitrogen and oxygen atoms in total. The largest absolute Gasteiger partial charge is 0.507 e. The third-order valence-corrected chi connectivity index (χ3v) is 6.50. The van der Waals surface area contributed by atoms with Crippen molar-refractivity contribution in [2.45, 2.75) is 18.2 Å². The summed E-state index contributed by atoms with van der Waals surface area (Å²) in [6.07, 6.45) is 0.322. The van der Waals surface area contributed by atoms with Crippen LogP contribution in [0.1, 0.15) is 29.3 Å². The Bertz CT molecular complexity index is 1070. The lowest BCUT2D eigenvalue weighted by atomic mass is 10.1. The van der Waals surface area contributed by atoms with Crippen LogP contribution in [-0.2, 0) is 14.8 Å². The van der Waals surface area contributed by atoms with Gasteiger partial charge < -0.3 is 9.84 Å². The van der Waals surface area contributed by atoms with Crippen LogP contribution < -0.4 is 5.43 Å². The fraction of sp³-hybridized carbons (Fsp3) is 0.300. The molecule has 2 N–H and O–H groups in total. The maximum atomic E-state index is 13.5. The Hall–Kier alpha value is -2.82. The Kier molecular flexibility index (Phi) is 6.80. The van der Waals surface area contributed by atoms with Crippen molar-refractivity contribution in [1.82, 2.24) is 9.73 Å². The summed E-state index contributed by atoms with van der Waals surface area (Å²) in [5.41, 5.74) is 2.89. The molecule has 10 heteroatoms. The highest BCUT2D eigenvalue weighted by Gasteiger charge is 2.26. The van der Waals surface area contributed by atoms with Crippen LogP contribution in [-0.4, -0.2) is 55.8 Å². The average molecular weight is 435 g/mol. The molecular weight excluding hydrogens is 413 g/mol. The second-order valence-electron chi connectivity index (χ2n) is 6.56. The van der Waals surface area contributed by atoms with E-state index in [1.807, 2.05) is 0 Å². The van der Waals surface area contributed by atoms with Crippen molar-refractivity contribution in [3.63, 3.8) is 0 Å². The van der Waals surface area contributed by atoms with Crippen LogP contribution in [0.15, 0.2) is 52.5 Å². The number of phenols is 1. The summed E-state index contributed by atoms with van der Waals surface area (Å²) in [7, 11) is -3.74. The number of nitrogens with one attached hydrogen (secondary N) is 1. The van der Waals surface area contributed by atoms with Gasteiger partial charge in [0.1, 0.15) is 11.6 Å². The van der Waals surface area contributed by atoms with E-state index in [1.165, 1.54) is 34.6 Å². The summed E-state index contributed by atoms with van der Waals surface area (Å²) >= 11 is 0. The van der Waals surface area contributed by atoms with E-state index >= 15 is 0 Å². The van der Waals surface area contributed by atoms with Gasteiger partial charge in [-0.25, -0.2) is 18.2 Å². The molecule has 1 aliphatic rings. The van der Waals surface area contributed by atoms with Crippen LogP contribution >= 0.6 is 0 Å². The number of hydrazone groups is 1. The normalized spacial score (nSPS) is 15.7. The molecule has 0 spiro atoms. The Morgan fingerprint density at radius 3 is 2.67 bits per heavy atom. The Morgan fingerprint density at radius 1 is 1.23 bits per heavy atom. The van der Waals surface area contributed by atoms with E-state index in [0.717, 1.165) is 12.1 Å². The summed E-state index contributed by atoms with van der Waals surface area (Å²) in [5.74, 6) is -1.34. The minimum atomic E-state index is -3.74. The molecule has 0 bridgehead atoms. The van der Waals surface area contributed by atoms with E-state index in [2.05, 4.69) is 10.5 Å². The first-order chi connectivity index (χ1) is 14.3. The van der Waals surface area contributed by atoms with E-state index in [4.69, 9.17) is 4.74 Å². The van der Waals surface area contributed by atoms with Crippen LogP contribution in [0.25, 0.3) is 0 Å². The smallest absolute Gasteiger partial charge is 0.271 e. The Morgan fingerprint density at radius 2 is 1.97 bits per heavy atom. The van der Waals surface area contributed by atoms with E-state index in [1.54, 1.807) is 6.92 Å². The zero-order valence-corrected chi connectivity index (χ0v) is 17.2. The summed E-state index contributed by atoms with van der Waals surface area (Å²) in [5, 5.41) is 13.9. The summed E-state index contributed by atoms with van der Waals surface area (Å²) in [6, 6.07) is 9.09. The number of sulfonamides is 1. The van der Waals surface area contributed by atoms with Crippen molar-refractivity contribution in [2.24, 2.45) is 5.10 Å². The molecule has 30 heavy (non-hydrogen) atoms. The first kappa shape index (κ1) is 21.9. The molecular formula is C20H22FN3O5S. The molecule has 2 aromatic carbocycles. The van der Waals surface area contributed by atoms with Crippen molar-refractivity contribution < 1.29 is 27.4 Å². The van der Waals surface area contributed by atoms with Gasteiger partial charge in [0, 0.05) is 24.2 Å². The van der Waals surface area contributed by atoms with Gasteiger partial charge in [0.25, 0.3) is 5.91 Å². The molecule has 3 rings (SSSR count).